The quantitative estimate of drug-likeness (QED) is 0.201. The lowest BCUT2D eigenvalue weighted by atomic mass is 9.83. The predicted octanol–water partition coefficient (Wildman–Crippen LogP) is 6.26. The summed E-state index contributed by atoms with van der Waals surface area (Å²) in [5, 5.41) is 2.95. The van der Waals surface area contributed by atoms with Gasteiger partial charge in [-0.2, -0.15) is 0 Å². The Morgan fingerprint density at radius 3 is 2.10 bits per heavy atom. The molecule has 3 aromatic rings. The molecule has 6 nitrogen and oxygen atoms in total. The summed E-state index contributed by atoms with van der Waals surface area (Å²) in [5.74, 6) is -1.58. The first-order chi connectivity index (χ1) is 19.3. The number of ether oxygens (including phenoxy) is 1. The third-order valence-corrected chi connectivity index (χ3v) is 9.82. The molecule has 0 saturated heterocycles. The molecule has 0 radical (unpaired) electrons. The Bertz CT molecular complexity index is 1270. The van der Waals surface area contributed by atoms with Crippen LogP contribution in [0.2, 0.25) is 0 Å². The van der Waals surface area contributed by atoms with Crippen LogP contribution in [0.3, 0.4) is 0 Å². The van der Waals surface area contributed by atoms with E-state index in [1.54, 1.807) is 0 Å². The standard InChI is InChI=1S/C33H40NO5P/c1-39-33(36)31(29-15-9-4-10-16-29)34-32(35)30(24-40(37,38)22-21-25-11-5-2-6-12-25)23-26-17-19-28(20-18-26)27-13-7-3-8-14-27/h2-3,5-8,11-14,17-20,29-31H,4,9-10,15-16,21-24H2,1H3,(H,34,35)(H,37,38)/t30-,31+/m1/s1. The molecule has 0 heterocycles. The van der Waals surface area contributed by atoms with Crippen molar-refractivity contribution in [2.45, 2.75) is 51.0 Å². The number of benzene rings is 3. The molecule has 1 amide bonds. The molecule has 212 valence electrons. The molecule has 2 N–H and O–H groups in total. The summed E-state index contributed by atoms with van der Waals surface area (Å²) in [6.07, 6.45) is 5.54. The van der Waals surface area contributed by atoms with Crippen molar-refractivity contribution in [3.8, 4) is 11.1 Å². The molecule has 7 heteroatoms. The van der Waals surface area contributed by atoms with Gasteiger partial charge in [0.05, 0.1) is 13.0 Å². The minimum atomic E-state index is -3.65. The lowest BCUT2D eigenvalue weighted by Gasteiger charge is -2.30. The number of carbonyl (C=O) groups excluding carboxylic acids is 2. The van der Waals surface area contributed by atoms with Gasteiger partial charge >= 0.3 is 5.97 Å². The maximum atomic E-state index is 13.7. The van der Waals surface area contributed by atoms with Crippen molar-refractivity contribution >= 4 is 19.2 Å². The van der Waals surface area contributed by atoms with Crippen molar-refractivity contribution in [2.24, 2.45) is 11.8 Å². The molecule has 1 saturated carbocycles. The van der Waals surface area contributed by atoms with Gasteiger partial charge in [-0.05, 0) is 53.9 Å². The molecule has 3 aromatic carbocycles. The largest absolute Gasteiger partial charge is 0.467 e. The van der Waals surface area contributed by atoms with Gasteiger partial charge in [-0.1, -0.05) is 104 Å². The van der Waals surface area contributed by atoms with Crippen LogP contribution in [-0.2, 0) is 31.7 Å². The van der Waals surface area contributed by atoms with E-state index in [1.807, 2.05) is 84.9 Å². The first kappa shape index (κ1) is 29.8. The molecule has 4 rings (SSSR count). The van der Waals surface area contributed by atoms with Crippen LogP contribution in [0.5, 0.6) is 0 Å². The summed E-state index contributed by atoms with van der Waals surface area (Å²) in [4.78, 5) is 37.4. The van der Waals surface area contributed by atoms with Gasteiger partial charge in [0, 0.05) is 12.3 Å². The highest BCUT2D eigenvalue weighted by Crippen LogP contribution is 2.44. The lowest BCUT2D eigenvalue weighted by molar-refractivity contribution is -0.147. The molecular weight excluding hydrogens is 521 g/mol. The Balaban J connectivity index is 1.52. The first-order valence-electron chi connectivity index (χ1n) is 14.2. The summed E-state index contributed by atoms with van der Waals surface area (Å²) in [7, 11) is -2.31. The first-order valence-corrected chi connectivity index (χ1v) is 16.2. The van der Waals surface area contributed by atoms with Crippen LogP contribution in [0.25, 0.3) is 11.1 Å². The number of nitrogens with one attached hydrogen (secondary N) is 1. The van der Waals surface area contributed by atoms with Gasteiger partial charge in [-0.15, -0.1) is 0 Å². The Labute approximate surface area is 237 Å². The van der Waals surface area contributed by atoms with Gasteiger partial charge in [0.25, 0.3) is 0 Å². The number of carbonyl (C=O) groups is 2. The lowest BCUT2D eigenvalue weighted by Crippen LogP contribution is -2.49. The smallest absolute Gasteiger partial charge is 0.328 e. The molecule has 1 aliphatic rings. The van der Waals surface area contributed by atoms with E-state index in [2.05, 4.69) is 5.32 Å². The third kappa shape index (κ3) is 8.64. The second kappa shape index (κ2) is 14.4. The van der Waals surface area contributed by atoms with E-state index in [-0.39, 0.29) is 24.1 Å². The summed E-state index contributed by atoms with van der Waals surface area (Å²) < 4.78 is 18.4. The third-order valence-electron chi connectivity index (χ3n) is 7.89. The normalized spacial score (nSPS) is 16.9. The summed E-state index contributed by atoms with van der Waals surface area (Å²) in [6, 6.07) is 26.8. The maximum absolute atomic E-state index is 13.7. The predicted molar refractivity (Wildman–Crippen MR) is 159 cm³/mol. The van der Waals surface area contributed by atoms with E-state index in [0.29, 0.717) is 12.8 Å². The van der Waals surface area contributed by atoms with E-state index in [0.717, 1.165) is 54.4 Å². The molecular formula is C33H40NO5P. The zero-order valence-corrected chi connectivity index (χ0v) is 24.1. The van der Waals surface area contributed by atoms with E-state index in [4.69, 9.17) is 4.74 Å². The Hall–Kier alpha value is -3.21. The minimum Gasteiger partial charge on any atom is -0.467 e. The molecule has 1 unspecified atom stereocenters. The monoisotopic (exact) mass is 561 g/mol. The van der Waals surface area contributed by atoms with Crippen LogP contribution in [0.15, 0.2) is 84.9 Å². The van der Waals surface area contributed by atoms with Crippen LogP contribution in [-0.4, -0.2) is 42.2 Å². The highest BCUT2D eigenvalue weighted by molar-refractivity contribution is 7.58. The van der Waals surface area contributed by atoms with Crippen molar-refractivity contribution in [2.75, 3.05) is 19.4 Å². The topological polar surface area (TPSA) is 92.7 Å². The van der Waals surface area contributed by atoms with Crippen molar-refractivity contribution in [3.05, 3.63) is 96.1 Å². The van der Waals surface area contributed by atoms with Gasteiger partial charge in [0.15, 0.2) is 0 Å². The van der Waals surface area contributed by atoms with E-state index < -0.39 is 25.3 Å². The van der Waals surface area contributed by atoms with Crippen molar-refractivity contribution in [3.63, 3.8) is 0 Å². The van der Waals surface area contributed by atoms with Crippen LogP contribution in [0.1, 0.15) is 43.2 Å². The number of aryl methyl sites for hydroxylation is 1. The van der Waals surface area contributed by atoms with Gasteiger partial charge in [0.1, 0.15) is 6.04 Å². The number of amides is 1. The number of rotatable bonds is 12. The minimum absolute atomic E-state index is 0.00923. The number of methoxy groups -OCH3 is 1. The summed E-state index contributed by atoms with van der Waals surface area (Å²) >= 11 is 0. The average Bonchev–Trinajstić information content (AvgIpc) is 3.00. The van der Waals surface area contributed by atoms with Gasteiger partial charge in [0.2, 0.25) is 13.3 Å². The van der Waals surface area contributed by atoms with Crippen LogP contribution in [0, 0.1) is 11.8 Å². The molecule has 0 aromatic heterocycles. The highest BCUT2D eigenvalue weighted by atomic mass is 31.2. The molecule has 0 spiro atoms. The second-order valence-electron chi connectivity index (χ2n) is 10.9. The molecule has 0 bridgehead atoms. The van der Waals surface area contributed by atoms with E-state index >= 15 is 0 Å². The fourth-order valence-electron chi connectivity index (χ4n) is 5.61. The van der Waals surface area contributed by atoms with E-state index in [1.165, 1.54) is 7.11 Å². The second-order valence-corrected chi connectivity index (χ2v) is 13.4. The molecule has 0 aliphatic heterocycles. The Morgan fingerprint density at radius 1 is 0.875 bits per heavy atom. The van der Waals surface area contributed by atoms with Gasteiger partial charge < -0.3 is 14.9 Å². The fourth-order valence-corrected chi connectivity index (χ4v) is 7.38. The van der Waals surface area contributed by atoms with Crippen LogP contribution < -0.4 is 5.32 Å². The van der Waals surface area contributed by atoms with Crippen molar-refractivity contribution < 1.29 is 23.8 Å². The zero-order chi connectivity index (χ0) is 28.4. The van der Waals surface area contributed by atoms with E-state index in [9.17, 15) is 19.0 Å². The number of hydrogen-bond acceptors (Lipinski definition) is 4. The van der Waals surface area contributed by atoms with Gasteiger partial charge in [-0.25, -0.2) is 4.79 Å². The number of hydrogen-bond donors (Lipinski definition) is 2. The van der Waals surface area contributed by atoms with Crippen molar-refractivity contribution in [1.29, 1.82) is 0 Å². The summed E-state index contributed by atoms with van der Waals surface area (Å²) in [5.41, 5.74) is 4.04. The molecule has 3 atom stereocenters. The Morgan fingerprint density at radius 2 is 1.48 bits per heavy atom. The fraction of sp³-hybridized carbons (Fsp3) is 0.394. The highest BCUT2D eigenvalue weighted by Gasteiger charge is 2.35. The zero-order valence-electron chi connectivity index (χ0n) is 23.2. The van der Waals surface area contributed by atoms with Crippen LogP contribution in [0.4, 0.5) is 0 Å². The van der Waals surface area contributed by atoms with Crippen LogP contribution >= 0.6 is 7.37 Å². The molecule has 1 fully saturated rings. The van der Waals surface area contributed by atoms with Gasteiger partial charge in [-0.3, -0.25) is 9.36 Å². The molecule has 1 aliphatic carbocycles. The average molecular weight is 562 g/mol. The van der Waals surface area contributed by atoms with Crippen molar-refractivity contribution in [1.82, 2.24) is 5.32 Å². The SMILES string of the molecule is COC(=O)[C@@H](NC(=O)[C@H](Cc1ccc(-c2ccccc2)cc1)CP(=O)(O)CCc1ccccc1)C1CCCCC1. The molecule has 40 heavy (non-hydrogen) atoms. The maximum Gasteiger partial charge on any atom is 0.328 e. The summed E-state index contributed by atoms with van der Waals surface area (Å²) in [6.45, 7) is 0. The number of esters is 1. The Kier molecular flexibility index (Phi) is 10.7.